The van der Waals surface area contributed by atoms with Crippen LogP contribution in [0.5, 0.6) is 0 Å². The summed E-state index contributed by atoms with van der Waals surface area (Å²) < 4.78 is 37.7. The first-order valence-corrected chi connectivity index (χ1v) is 8.02. The lowest BCUT2D eigenvalue weighted by Gasteiger charge is -2.30. The Labute approximate surface area is 124 Å². The molecule has 1 saturated carbocycles. The van der Waals surface area contributed by atoms with Gasteiger partial charge in [-0.3, -0.25) is 4.79 Å². The molecule has 2 N–H and O–H groups in total. The van der Waals surface area contributed by atoms with E-state index in [1.54, 1.807) is 0 Å². The van der Waals surface area contributed by atoms with Crippen molar-refractivity contribution < 1.29 is 18.0 Å². The summed E-state index contributed by atoms with van der Waals surface area (Å²) >= 11 is 0. The zero-order valence-electron chi connectivity index (χ0n) is 12.3. The minimum atomic E-state index is -4.08. The van der Waals surface area contributed by atoms with Crippen LogP contribution < -0.4 is 10.6 Å². The Kier molecular flexibility index (Phi) is 5.90. The number of alkyl halides is 3. The van der Waals surface area contributed by atoms with E-state index in [2.05, 4.69) is 10.6 Å². The van der Waals surface area contributed by atoms with Crippen LogP contribution in [0.25, 0.3) is 0 Å². The van der Waals surface area contributed by atoms with Crippen LogP contribution in [-0.4, -0.2) is 31.2 Å². The fourth-order valence-corrected chi connectivity index (χ4v) is 3.37. The Morgan fingerprint density at radius 3 is 2.24 bits per heavy atom. The first kappa shape index (κ1) is 16.6. The highest BCUT2D eigenvalue weighted by Crippen LogP contribution is 2.37. The summed E-state index contributed by atoms with van der Waals surface area (Å²) in [4.78, 5) is 11.9. The Hall–Kier alpha value is -0.780. The number of rotatable bonds is 4. The zero-order valence-corrected chi connectivity index (χ0v) is 12.3. The monoisotopic (exact) mass is 306 g/mol. The summed E-state index contributed by atoms with van der Waals surface area (Å²) in [5.41, 5.74) is 0. The fourth-order valence-electron chi connectivity index (χ4n) is 3.37. The predicted molar refractivity (Wildman–Crippen MR) is 74.8 cm³/mol. The number of hydrogen-bond acceptors (Lipinski definition) is 2. The number of piperidine rings is 1. The molecule has 1 saturated heterocycles. The Morgan fingerprint density at radius 1 is 1.05 bits per heavy atom. The van der Waals surface area contributed by atoms with Gasteiger partial charge in [-0.05, 0) is 64.0 Å². The van der Waals surface area contributed by atoms with Crippen molar-refractivity contribution in [3.8, 4) is 0 Å². The highest BCUT2D eigenvalue weighted by Gasteiger charge is 2.41. The first-order chi connectivity index (χ1) is 9.95. The predicted octanol–water partition coefficient (Wildman–Crippen LogP) is 3.00. The van der Waals surface area contributed by atoms with Crippen molar-refractivity contribution >= 4 is 5.91 Å². The Bertz CT molecular complexity index is 332. The molecule has 6 heteroatoms. The van der Waals surface area contributed by atoms with E-state index < -0.39 is 12.1 Å². The van der Waals surface area contributed by atoms with Crippen molar-refractivity contribution in [3.05, 3.63) is 0 Å². The lowest BCUT2D eigenvalue weighted by atomic mass is 9.85. The summed E-state index contributed by atoms with van der Waals surface area (Å²) in [6, 6.07) is -0.0656. The van der Waals surface area contributed by atoms with E-state index in [9.17, 15) is 18.0 Å². The van der Waals surface area contributed by atoms with Crippen molar-refractivity contribution in [1.82, 2.24) is 10.6 Å². The quantitative estimate of drug-likeness (QED) is 0.838. The van der Waals surface area contributed by atoms with E-state index >= 15 is 0 Å². The second-order valence-electron chi connectivity index (χ2n) is 6.39. The van der Waals surface area contributed by atoms with Gasteiger partial charge in [-0.2, -0.15) is 13.2 Å². The average Bonchev–Trinajstić information content (AvgIpc) is 2.46. The first-order valence-electron chi connectivity index (χ1n) is 8.02. The number of nitrogens with one attached hydrogen (secondary N) is 2. The van der Waals surface area contributed by atoms with E-state index in [0.717, 1.165) is 32.4 Å². The molecule has 21 heavy (non-hydrogen) atoms. The Morgan fingerprint density at radius 2 is 1.67 bits per heavy atom. The topological polar surface area (TPSA) is 41.1 Å². The molecule has 0 aromatic rings. The number of halogens is 3. The van der Waals surface area contributed by atoms with Crippen LogP contribution in [0.1, 0.15) is 51.4 Å². The molecule has 0 radical (unpaired) electrons. The molecule has 0 bridgehead atoms. The van der Waals surface area contributed by atoms with Crippen molar-refractivity contribution in [2.24, 2.45) is 11.8 Å². The minimum Gasteiger partial charge on any atom is -0.353 e. The average molecular weight is 306 g/mol. The summed E-state index contributed by atoms with van der Waals surface area (Å²) in [7, 11) is 0. The normalized spacial score (nSPS) is 28.3. The van der Waals surface area contributed by atoms with Crippen LogP contribution in [0.3, 0.4) is 0 Å². The molecule has 1 aliphatic heterocycles. The van der Waals surface area contributed by atoms with E-state index in [4.69, 9.17) is 0 Å². The van der Waals surface area contributed by atoms with Gasteiger partial charge >= 0.3 is 6.18 Å². The van der Waals surface area contributed by atoms with Gasteiger partial charge in [0, 0.05) is 12.5 Å². The van der Waals surface area contributed by atoms with Crippen LogP contribution in [0, 0.1) is 11.8 Å². The standard InChI is InChI=1S/C15H25F3N2O/c16-15(17,18)12-2-4-13(5-3-12)20-14(21)6-1-11-7-9-19-10-8-11/h11-13,19H,1-10H2,(H,20,21). The van der Waals surface area contributed by atoms with Gasteiger partial charge in [0.2, 0.25) is 5.91 Å². The summed E-state index contributed by atoms with van der Waals surface area (Å²) in [6.45, 7) is 2.04. The third-order valence-electron chi connectivity index (χ3n) is 4.79. The summed E-state index contributed by atoms with van der Waals surface area (Å²) in [5, 5.41) is 6.20. The molecule has 0 aromatic carbocycles. The van der Waals surface area contributed by atoms with E-state index in [-0.39, 0.29) is 24.8 Å². The zero-order chi connectivity index (χ0) is 15.3. The van der Waals surface area contributed by atoms with Crippen molar-refractivity contribution in [3.63, 3.8) is 0 Å². The summed E-state index contributed by atoms with van der Waals surface area (Å²) in [5.74, 6) is -0.567. The summed E-state index contributed by atoms with van der Waals surface area (Å²) in [6.07, 6.45) is 0.727. The van der Waals surface area contributed by atoms with Crippen LogP contribution in [0.4, 0.5) is 13.2 Å². The molecule has 1 heterocycles. The maximum Gasteiger partial charge on any atom is 0.391 e. The van der Waals surface area contributed by atoms with Gasteiger partial charge < -0.3 is 10.6 Å². The van der Waals surface area contributed by atoms with Gasteiger partial charge in [0.25, 0.3) is 0 Å². The highest BCUT2D eigenvalue weighted by molar-refractivity contribution is 5.76. The lowest BCUT2D eigenvalue weighted by molar-refractivity contribution is -0.182. The number of carbonyl (C=O) groups is 1. The van der Waals surface area contributed by atoms with Crippen LogP contribution >= 0.6 is 0 Å². The van der Waals surface area contributed by atoms with Crippen LogP contribution in [-0.2, 0) is 4.79 Å². The molecule has 1 aliphatic carbocycles. The number of hydrogen-bond donors (Lipinski definition) is 2. The molecule has 3 nitrogen and oxygen atoms in total. The molecular formula is C15H25F3N2O. The van der Waals surface area contributed by atoms with Crippen molar-refractivity contribution in [2.45, 2.75) is 63.6 Å². The maximum atomic E-state index is 12.6. The van der Waals surface area contributed by atoms with Gasteiger partial charge in [-0.25, -0.2) is 0 Å². The highest BCUT2D eigenvalue weighted by atomic mass is 19.4. The molecular weight excluding hydrogens is 281 g/mol. The van der Waals surface area contributed by atoms with Crippen molar-refractivity contribution in [2.75, 3.05) is 13.1 Å². The number of amides is 1. The lowest BCUT2D eigenvalue weighted by Crippen LogP contribution is -2.40. The fraction of sp³-hybridized carbons (Fsp3) is 0.933. The van der Waals surface area contributed by atoms with E-state index in [1.807, 2.05) is 0 Å². The minimum absolute atomic E-state index is 0.00370. The third kappa shape index (κ3) is 5.49. The molecule has 2 aliphatic rings. The van der Waals surface area contributed by atoms with Gasteiger partial charge in [0.15, 0.2) is 0 Å². The maximum absolute atomic E-state index is 12.6. The molecule has 1 amide bonds. The SMILES string of the molecule is O=C(CCC1CCNCC1)NC1CCC(C(F)(F)F)CC1. The molecule has 2 rings (SSSR count). The Balaban J connectivity index is 1.62. The third-order valence-corrected chi connectivity index (χ3v) is 4.79. The van der Waals surface area contributed by atoms with Crippen LogP contribution in [0.2, 0.25) is 0 Å². The van der Waals surface area contributed by atoms with Crippen molar-refractivity contribution in [1.29, 1.82) is 0 Å². The van der Waals surface area contributed by atoms with Gasteiger partial charge in [-0.1, -0.05) is 0 Å². The molecule has 0 aromatic heterocycles. The van der Waals surface area contributed by atoms with Gasteiger partial charge in [0.1, 0.15) is 0 Å². The van der Waals surface area contributed by atoms with Crippen LogP contribution in [0.15, 0.2) is 0 Å². The van der Waals surface area contributed by atoms with E-state index in [1.165, 1.54) is 0 Å². The molecule has 0 atom stereocenters. The van der Waals surface area contributed by atoms with E-state index in [0.29, 0.717) is 25.2 Å². The number of carbonyl (C=O) groups excluding carboxylic acids is 1. The molecule has 122 valence electrons. The van der Waals surface area contributed by atoms with Gasteiger partial charge in [0.05, 0.1) is 5.92 Å². The smallest absolute Gasteiger partial charge is 0.353 e. The molecule has 2 fully saturated rings. The largest absolute Gasteiger partial charge is 0.391 e. The van der Waals surface area contributed by atoms with Gasteiger partial charge in [-0.15, -0.1) is 0 Å². The second-order valence-corrected chi connectivity index (χ2v) is 6.39. The molecule has 0 spiro atoms. The second kappa shape index (κ2) is 7.47. The molecule has 0 unspecified atom stereocenters.